The van der Waals surface area contributed by atoms with Gasteiger partial charge in [0.05, 0.1) is 13.2 Å². The molecule has 0 radical (unpaired) electrons. The topological polar surface area (TPSA) is 44.5 Å². The van der Waals surface area contributed by atoms with Crippen LogP contribution in [0.1, 0.15) is 56.9 Å². The molecule has 3 rings (SSSR count). The molecule has 0 saturated heterocycles. The Morgan fingerprint density at radius 1 is 1.14 bits per heavy atom. The molecule has 0 atom stereocenters. The van der Waals surface area contributed by atoms with E-state index in [9.17, 15) is 0 Å². The minimum atomic E-state index is -0.375. The lowest BCUT2D eigenvalue weighted by Crippen LogP contribution is -2.34. The average Bonchev–Trinajstić information content (AvgIpc) is 3.11. The third-order valence-corrected chi connectivity index (χ3v) is 5.19. The first-order chi connectivity index (χ1) is 10.1. The van der Waals surface area contributed by atoms with E-state index in [0.717, 1.165) is 55.6 Å². The van der Waals surface area contributed by atoms with Gasteiger partial charge in [-0.3, -0.25) is 0 Å². The summed E-state index contributed by atoms with van der Waals surface area (Å²) < 4.78 is 11.8. The van der Waals surface area contributed by atoms with Gasteiger partial charge >= 0.3 is 0 Å². The van der Waals surface area contributed by atoms with Crippen molar-refractivity contribution >= 4 is 11.6 Å². The summed E-state index contributed by atoms with van der Waals surface area (Å²) in [5.74, 6) is 1.53. The second-order valence-electron chi connectivity index (χ2n) is 6.34. The molecule has 21 heavy (non-hydrogen) atoms. The molecule has 2 aliphatic rings. The summed E-state index contributed by atoms with van der Waals surface area (Å²) in [6.07, 6.45) is 9.15. The highest BCUT2D eigenvalue weighted by atomic mass is 35.5. The van der Waals surface area contributed by atoms with Crippen molar-refractivity contribution in [1.29, 1.82) is 0 Å². The molecule has 0 aromatic heterocycles. The van der Waals surface area contributed by atoms with E-state index in [0.29, 0.717) is 5.02 Å². The van der Waals surface area contributed by atoms with Crippen LogP contribution in [0.4, 0.5) is 0 Å². The zero-order valence-corrected chi connectivity index (χ0v) is 13.4. The summed E-state index contributed by atoms with van der Waals surface area (Å²) in [6.45, 7) is 0. The van der Waals surface area contributed by atoms with Crippen molar-refractivity contribution in [3.8, 4) is 11.5 Å². The number of methoxy groups -OCH3 is 1. The summed E-state index contributed by atoms with van der Waals surface area (Å²) in [4.78, 5) is 0. The highest BCUT2D eigenvalue weighted by molar-refractivity contribution is 6.31. The molecule has 2 aliphatic carbocycles. The molecule has 1 aromatic carbocycles. The molecule has 2 N–H and O–H groups in total. The number of halogens is 1. The Labute approximate surface area is 131 Å². The maximum absolute atomic E-state index is 6.66. The first-order valence-electron chi connectivity index (χ1n) is 7.96. The van der Waals surface area contributed by atoms with E-state index < -0.39 is 0 Å². The standard InChI is InChI=1S/C17H24ClNO2/c1-20-14-9-8-13(18)15(17(19)10-4-5-11-17)16(14)21-12-6-2-3-7-12/h8-9,12H,2-7,10-11,19H2,1H3. The van der Waals surface area contributed by atoms with Gasteiger partial charge in [-0.1, -0.05) is 24.4 Å². The fraction of sp³-hybridized carbons (Fsp3) is 0.647. The summed E-state index contributed by atoms with van der Waals surface area (Å²) in [6, 6.07) is 3.76. The second kappa shape index (κ2) is 6.05. The number of benzene rings is 1. The molecule has 0 amide bonds. The Morgan fingerprint density at radius 3 is 2.43 bits per heavy atom. The largest absolute Gasteiger partial charge is 0.493 e. The molecule has 0 aliphatic heterocycles. The molecular weight excluding hydrogens is 286 g/mol. The minimum absolute atomic E-state index is 0.265. The molecule has 2 saturated carbocycles. The van der Waals surface area contributed by atoms with Gasteiger partial charge in [0, 0.05) is 16.1 Å². The lowest BCUT2D eigenvalue weighted by atomic mass is 9.88. The van der Waals surface area contributed by atoms with Crippen molar-refractivity contribution < 1.29 is 9.47 Å². The van der Waals surface area contributed by atoms with Gasteiger partial charge in [0.2, 0.25) is 0 Å². The van der Waals surface area contributed by atoms with Gasteiger partial charge in [0.15, 0.2) is 11.5 Å². The van der Waals surface area contributed by atoms with Crippen molar-refractivity contribution in [2.24, 2.45) is 5.73 Å². The SMILES string of the molecule is COc1ccc(Cl)c(C2(N)CCCC2)c1OC1CCCC1. The van der Waals surface area contributed by atoms with Crippen LogP contribution in [0.5, 0.6) is 11.5 Å². The first kappa shape index (κ1) is 15.0. The van der Waals surface area contributed by atoms with Crippen molar-refractivity contribution in [2.45, 2.75) is 63.0 Å². The van der Waals surface area contributed by atoms with E-state index >= 15 is 0 Å². The van der Waals surface area contributed by atoms with E-state index in [2.05, 4.69) is 0 Å². The van der Waals surface area contributed by atoms with Crippen molar-refractivity contribution in [1.82, 2.24) is 0 Å². The lowest BCUT2D eigenvalue weighted by molar-refractivity contribution is 0.194. The third kappa shape index (κ3) is 2.86. The molecule has 3 nitrogen and oxygen atoms in total. The fourth-order valence-corrected chi connectivity index (χ4v) is 4.05. The van der Waals surface area contributed by atoms with Gasteiger partial charge in [0.1, 0.15) is 0 Å². The molecule has 4 heteroatoms. The maximum Gasteiger partial charge on any atom is 0.168 e. The Balaban J connectivity index is 2.03. The van der Waals surface area contributed by atoms with Gasteiger partial charge in [-0.15, -0.1) is 0 Å². The minimum Gasteiger partial charge on any atom is -0.493 e. The van der Waals surface area contributed by atoms with Crippen LogP contribution in [0, 0.1) is 0 Å². The summed E-state index contributed by atoms with van der Waals surface area (Å²) in [5.41, 5.74) is 7.24. The van der Waals surface area contributed by atoms with Gasteiger partial charge < -0.3 is 15.2 Å². The van der Waals surface area contributed by atoms with Gasteiger partial charge in [-0.25, -0.2) is 0 Å². The van der Waals surface area contributed by atoms with Crippen LogP contribution in [0.3, 0.4) is 0 Å². The monoisotopic (exact) mass is 309 g/mol. The van der Waals surface area contributed by atoms with E-state index in [1.165, 1.54) is 12.8 Å². The summed E-state index contributed by atoms with van der Waals surface area (Å²) in [7, 11) is 1.67. The number of nitrogens with two attached hydrogens (primary N) is 1. The van der Waals surface area contributed by atoms with Crippen LogP contribution in [0.15, 0.2) is 12.1 Å². The number of hydrogen-bond donors (Lipinski definition) is 1. The van der Waals surface area contributed by atoms with Crippen molar-refractivity contribution in [2.75, 3.05) is 7.11 Å². The Bertz CT molecular complexity index is 506. The zero-order valence-electron chi connectivity index (χ0n) is 12.7. The van der Waals surface area contributed by atoms with Crippen LogP contribution >= 0.6 is 11.6 Å². The molecule has 0 heterocycles. The number of hydrogen-bond acceptors (Lipinski definition) is 3. The molecule has 2 fully saturated rings. The van der Waals surface area contributed by atoms with Crippen LogP contribution in [0.25, 0.3) is 0 Å². The molecule has 0 unspecified atom stereocenters. The van der Waals surface area contributed by atoms with Gasteiger partial charge in [0.25, 0.3) is 0 Å². The van der Waals surface area contributed by atoms with Crippen molar-refractivity contribution in [3.63, 3.8) is 0 Å². The molecule has 0 bridgehead atoms. The van der Waals surface area contributed by atoms with Crippen molar-refractivity contribution in [3.05, 3.63) is 22.7 Å². The fourth-order valence-electron chi connectivity index (χ4n) is 3.71. The maximum atomic E-state index is 6.66. The van der Waals surface area contributed by atoms with Crippen LogP contribution in [-0.2, 0) is 5.54 Å². The number of ether oxygens (including phenoxy) is 2. The van der Waals surface area contributed by atoms with Crippen LogP contribution in [-0.4, -0.2) is 13.2 Å². The predicted octanol–water partition coefficient (Wildman–Crippen LogP) is 4.40. The Morgan fingerprint density at radius 2 is 1.81 bits per heavy atom. The van der Waals surface area contributed by atoms with E-state index in [1.54, 1.807) is 7.11 Å². The Kier molecular flexibility index (Phi) is 4.32. The van der Waals surface area contributed by atoms with E-state index in [4.69, 9.17) is 26.8 Å². The van der Waals surface area contributed by atoms with Crippen LogP contribution < -0.4 is 15.2 Å². The Hall–Kier alpha value is -0.930. The molecule has 116 valence electrons. The van der Waals surface area contributed by atoms with Crippen LogP contribution in [0.2, 0.25) is 5.02 Å². The molecule has 1 aromatic rings. The smallest absolute Gasteiger partial charge is 0.168 e. The van der Waals surface area contributed by atoms with Gasteiger partial charge in [-0.05, 0) is 50.7 Å². The molecule has 0 spiro atoms. The predicted molar refractivity (Wildman–Crippen MR) is 85.2 cm³/mol. The highest BCUT2D eigenvalue weighted by Crippen LogP contribution is 2.48. The summed E-state index contributed by atoms with van der Waals surface area (Å²) >= 11 is 6.50. The normalized spacial score (nSPS) is 21.7. The molecular formula is C17H24ClNO2. The zero-order chi connectivity index (χ0) is 14.9. The second-order valence-corrected chi connectivity index (χ2v) is 6.75. The first-order valence-corrected chi connectivity index (χ1v) is 8.34. The average molecular weight is 310 g/mol. The highest BCUT2D eigenvalue weighted by Gasteiger charge is 2.37. The van der Waals surface area contributed by atoms with E-state index in [-0.39, 0.29) is 11.6 Å². The quantitative estimate of drug-likeness (QED) is 0.896. The lowest BCUT2D eigenvalue weighted by Gasteiger charge is -2.30. The van der Waals surface area contributed by atoms with Gasteiger partial charge in [-0.2, -0.15) is 0 Å². The summed E-state index contributed by atoms with van der Waals surface area (Å²) in [5, 5.41) is 0.702. The number of rotatable bonds is 4. The third-order valence-electron chi connectivity index (χ3n) is 4.87. The van der Waals surface area contributed by atoms with E-state index in [1.807, 2.05) is 12.1 Å².